The van der Waals surface area contributed by atoms with Crippen molar-refractivity contribution in [1.29, 1.82) is 0 Å². The van der Waals surface area contributed by atoms with Gasteiger partial charge in [-0.1, -0.05) is 12.1 Å². The van der Waals surface area contributed by atoms with Gasteiger partial charge in [0, 0.05) is 13.1 Å². The van der Waals surface area contributed by atoms with Gasteiger partial charge >= 0.3 is 0 Å². The number of sulfonamides is 1. The molecule has 106 valence electrons. The third kappa shape index (κ3) is 3.75. The molecule has 19 heavy (non-hydrogen) atoms. The molecule has 0 spiro atoms. The zero-order chi connectivity index (χ0) is 13.9. The van der Waals surface area contributed by atoms with E-state index in [1.165, 1.54) is 28.6 Å². The molecule has 4 nitrogen and oxygen atoms in total. The van der Waals surface area contributed by atoms with Gasteiger partial charge in [0.2, 0.25) is 10.0 Å². The fourth-order valence-electron chi connectivity index (χ4n) is 2.31. The second kappa shape index (κ2) is 5.98. The first-order chi connectivity index (χ1) is 9.01. The van der Waals surface area contributed by atoms with E-state index < -0.39 is 10.0 Å². The number of halogens is 1. The monoisotopic (exact) mass is 286 g/mol. The van der Waals surface area contributed by atoms with Crippen molar-refractivity contribution in [2.75, 3.05) is 19.6 Å². The van der Waals surface area contributed by atoms with Crippen LogP contribution in [-0.4, -0.2) is 32.4 Å². The topological polar surface area (TPSA) is 63.4 Å². The Morgan fingerprint density at radius 3 is 2.32 bits per heavy atom. The van der Waals surface area contributed by atoms with Crippen LogP contribution in [0, 0.1) is 11.7 Å². The molecule has 0 aromatic heterocycles. The smallest absolute Gasteiger partial charge is 0.218 e. The van der Waals surface area contributed by atoms with Gasteiger partial charge in [-0.05, 0) is 43.0 Å². The molecule has 6 heteroatoms. The summed E-state index contributed by atoms with van der Waals surface area (Å²) in [4.78, 5) is 0. The molecule has 2 N–H and O–H groups in total. The number of nitrogens with two attached hydrogens (primary N) is 1. The highest BCUT2D eigenvalue weighted by Crippen LogP contribution is 2.20. The van der Waals surface area contributed by atoms with Gasteiger partial charge in [-0.3, -0.25) is 0 Å². The maximum atomic E-state index is 12.8. The fraction of sp³-hybridized carbons (Fsp3) is 0.538. The van der Waals surface area contributed by atoms with E-state index in [1.54, 1.807) is 0 Å². The van der Waals surface area contributed by atoms with E-state index in [-0.39, 0.29) is 11.6 Å². The second-order valence-corrected chi connectivity index (χ2v) is 6.93. The Morgan fingerprint density at radius 2 is 1.79 bits per heavy atom. The lowest BCUT2D eigenvalue weighted by atomic mass is 9.99. The van der Waals surface area contributed by atoms with E-state index in [0.29, 0.717) is 31.1 Å². The van der Waals surface area contributed by atoms with Crippen LogP contribution < -0.4 is 5.73 Å². The van der Waals surface area contributed by atoms with Crippen LogP contribution >= 0.6 is 0 Å². The summed E-state index contributed by atoms with van der Waals surface area (Å²) in [5.74, 6) is 0.00258. The number of rotatable bonds is 4. The minimum Gasteiger partial charge on any atom is -0.330 e. The van der Waals surface area contributed by atoms with Gasteiger partial charge in [0.05, 0.1) is 5.75 Å². The minimum atomic E-state index is -3.31. The highest BCUT2D eigenvalue weighted by molar-refractivity contribution is 7.88. The molecule has 1 aromatic carbocycles. The summed E-state index contributed by atoms with van der Waals surface area (Å²) in [6.07, 6.45) is 1.64. The Kier molecular flexibility index (Phi) is 4.54. The van der Waals surface area contributed by atoms with Crippen LogP contribution in [0.25, 0.3) is 0 Å². The summed E-state index contributed by atoms with van der Waals surface area (Å²) in [7, 11) is -3.31. The van der Waals surface area contributed by atoms with Crippen molar-refractivity contribution < 1.29 is 12.8 Å². The van der Waals surface area contributed by atoms with Crippen molar-refractivity contribution in [2.45, 2.75) is 18.6 Å². The van der Waals surface area contributed by atoms with E-state index in [4.69, 9.17) is 5.73 Å². The molecule has 0 aliphatic carbocycles. The lowest BCUT2D eigenvalue weighted by molar-refractivity contribution is 0.278. The Labute approximate surface area is 113 Å². The number of benzene rings is 1. The third-order valence-corrected chi connectivity index (χ3v) is 5.41. The molecule has 0 unspecified atom stereocenters. The van der Waals surface area contributed by atoms with Crippen molar-refractivity contribution in [3.8, 4) is 0 Å². The maximum Gasteiger partial charge on any atom is 0.218 e. The Bertz CT molecular complexity index is 508. The van der Waals surface area contributed by atoms with Gasteiger partial charge in [-0.2, -0.15) is 0 Å². The first-order valence-corrected chi connectivity index (χ1v) is 8.04. The molecule has 0 bridgehead atoms. The summed E-state index contributed by atoms with van der Waals surface area (Å²) < 4.78 is 38.8. The second-order valence-electron chi connectivity index (χ2n) is 4.96. The molecule has 1 fully saturated rings. The van der Waals surface area contributed by atoms with E-state index in [9.17, 15) is 12.8 Å². The van der Waals surface area contributed by atoms with Crippen LogP contribution in [-0.2, 0) is 15.8 Å². The zero-order valence-electron chi connectivity index (χ0n) is 10.8. The fourth-order valence-corrected chi connectivity index (χ4v) is 3.87. The molecule has 0 atom stereocenters. The molecular formula is C13H19FN2O2S. The predicted octanol–water partition coefficient (Wildman–Crippen LogP) is 1.33. The molecule has 1 aromatic rings. The number of hydrogen-bond donors (Lipinski definition) is 1. The van der Waals surface area contributed by atoms with Crippen LogP contribution in [0.15, 0.2) is 24.3 Å². The number of piperidine rings is 1. The van der Waals surface area contributed by atoms with Crippen LogP contribution in [0.3, 0.4) is 0 Å². The maximum absolute atomic E-state index is 12.8. The van der Waals surface area contributed by atoms with Crippen molar-refractivity contribution in [2.24, 2.45) is 11.7 Å². The summed E-state index contributed by atoms with van der Waals surface area (Å²) in [6, 6.07) is 5.59. The third-order valence-electron chi connectivity index (χ3n) is 3.56. The SMILES string of the molecule is NCC1CCN(S(=O)(=O)Cc2ccc(F)cc2)CC1. The predicted molar refractivity (Wildman–Crippen MR) is 72.4 cm³/mol. The zero-order valence-corrected chi connectivity index (χ0v) is 11.6. The van der Waals surface area contributed by atoms with Crippen LogP contribution in [0.4, 0.5) is 4.39 Å². The highest BCUT2D eigenvalue weighted by Gasteiger charge is 2.27. The van der Waals surface area contributed by atoms with Crippen LogP contribution in [0.5, 0.6) is 0 Å². The van der Waals surface area contributed by atoms with Crippen molar-refractivity contribution in [3.05, 3.63) is 35.6 Å². The molecule has 0 saturated carbocycles. The lowest BCUT2D eigenvalue weighted by Gasteiger charge is -2.30. The summed E-state index contributed by atoms with van der Waals surface area (Å²) >= 11 is 0. The quantitative estimate of drug-likeness (QED) is 0.908. The van der Waals surface area contributed by atoms with Gasteiger partial charge in [0.15, 0.2) is 0 Å². The van der Waals surface area contributed by atoms with Crippen molar-refractivity contribution in [3.63, 3.8) is 0 Å². The summed E-state index contributed by atoms with van der Waals surface area (Å²) in [6.45, 7) is 1.68. The highest BCUT2D eigenvalue weighted by atomic mass is 32.2. The lowest BCUT2D eigenvalue weighted by Crippen LogP contribution is -2.40. The summed E-state index contributed by atoms with van der Waals surface area (Å²) in [5.41, 5.74) is 6.21. The van der Waals surface area contributed by atoms with E-state index in [1.807, 2.05) is 0 Å². The molecule has 1 aliphatic rings. The van der Waals surface area contributed by atoms with Gasteiger partial charge in [-0.25, -0.2) is 17.1 Å². The largest absolute Gasteiger partial charge is 0.330 e. The van der Waals surface area contributed by atoms with Gasteiger partial charge in [-0.15, -0.1) is 0 Å². The normalized spacial score (nSPS) is 18.6. The average molecular weight is 286 g/mol. The van der Waals surface area contributed by atoms with Gasteiger partial charge in [0.25, 0.3) is 0 Å². The molecule has 1 aliphatic heterocycles. The molecule has 1 heterocycles. The molecule has 1 saturated heterocycles. The Balaban J connectivity index is 2.01. The van der Waals surface area contributed by atoms with E-state index >= 15 is 0 Å². The van der Waals surface area contributed by atoms with Crippen LogP contribution in [0.1, 0.15) is 18.4 Å². The first-order valence-electron chi connectivity index (χ1n) is 6.43. The molecule has 0 amide bonds. The Hall–Kier alpha value is -0.980. The van der Waals surface area contributed by atoms with Crippen molar-refractivity contribution >= 4 is 10.0 Å². The standard InChI is InChI=1S/C13H19FN2O2S/c14-13-3-1-12(2-4-13)10-19(17,18)16-7-5-11(9-15)6-8-16/h1-4,11H,5-10,15H2. The van der Waals surface area contributed by atoms with E-state index in [0.717, 1.165) is 12.8 Å². The van der Waals surface area contributed by atoms with Crippen molar-refractivity contribution in [1.82, 2.24) is 4.31 Å². The molecule has 0 radical (unpaired) electrons. The molecular weight excluding hydrogens is 267 g/mol. The summed E-state index contributed by atoms with van der Waals surface area (Å²) in [5, 5.41) is 0. The first kappa shape index (κ1) is 14.4. The van der Waals surface area contributed by atoms with Gasteiger partial charge < -0.3 is 5.73 Å². The number of hydrogen-bond acceptors (Lipinski definition) is 3. The average Bonchev–Trinajstić information content (AvgIpc) is 2.41. The Morgan fingerprint density at radius 1 is 1.21 bits per heavy atom. The van der Waals surface area contributed by atoms with Crippen LogP contribution in [0.2, 0.25) is 0 Å². The minimum absolute atomic E-state index is 0.0689. The van der Waals surface area contributed by atoms with E-state index in [2.05, 4.69) is 0 Å². The molecule has 2 rings (SSSR count). The van der Waals surface area contributed by atoms with Gasteiger partial charge in [0.1, 0.15) is 5.82 Å². The number of nitrogens with zero attached hydrogens (tertiary/aromatic N) is 1.